The van der Waals surface area contributed by atoms with Crippen molar-refractivity contribution in [1.82, 2.24) is 9.97 Å². The lowest BCUT2D eigenvalue weighted by atomic mass is 9.67. The summed E-state index contributed by atoms with van der Waals surface area (Å²) in [7, 11) is 0. The highest BCUT2D eigenvalue weighted by Gasteiger charge is 2.49. The third-order valence-electron chi connectivity index (χ3n) is 5.59. The lowest BCUT2D eigenvalue weighted by Gasteiger charge is -2.37. The molecule has 1 spiro atoms. The molecule has 25 heavy (non-hydrogen) atoms. The van der Waals surface area contributed by atoms with Gasteiger partial charge in [0.25, 0.3) is 5.91 Å². The van der Waals surface area contributed by atoms with Crippen LogP contribution >= 0.6 is 0 Å². The number of hydrogen-bond acceptors (Lipinski definition) is 3. The van der Waals surface area contributed by atoms with Crippen molar-refractivity contribution in [3.05, 3.63) is 70.3 Å². The molecule has 5 rings (SSSR count). The normalized spacial score (nSPS) is 17.5. The molecule has 2 aliphatic rings. The van der Waals surface area contributed by atoms with Crippen molar-refractivity contribution in [3.8, 4) is 0 Å². The molecule has 124 valence electrons. The fourth-order valence-corrected chi connectivity index (χ4v) is 4.18. The van der Waals surface area contributed by atoms with Gasteiger partial charge in [0.2, 0.25) is 5.56 Å². The van der Waals surface area contributed by atoms with Gasteiger partial charge in [-0.25, -0.2) is 0 Å². The highest BCUT2D eigenvalue weighted by molar-refractivity contribution is 6.14. The lowest BCUT2D eigenvalue weighted by molar-refractivity contribution is 0.0980. The van der Waals surface area contributed by atoms with Crippen LogP contribution in [0.3, 0.4) is 0 Å². The van der Waals surface area contributed by atoms with Gasteiger partial charge in [-0.15, -0.1) is 0 Å². The summed E-state index contributed by atoms with van der Waals surface area (Å²) in [6, 6.07) is 12.5. The number of fused-ring (bicyclic) bond motifs is 3. The number of amides is 1. The average molecular weight is 331 g/mol. The summed E-state index contributed by atoms with van der Waals surface area (Å²) in [5, 5.41) is 0.770. The molecular formula is C20H17N3O2. The smallest absolute Gasteiger partial charge is 0.259 e. The van der Waals surface area contributed by atoms with Crippen molar-refractivity contribution in [2.24, 2.45) is 0 Å². The van der Waals surface area contributed by atoms with Gasteiger partial charge >= 0.3 is 0 Å². The SMILES string of the molecule is O=C(c1cccc2[nH]c(=O)ccc12)N1CC2(CCC2)c2ncccc21. The van der Waals surface area contributed by atoms with E-state index in [1.807, 2.05) is 41.4 Å². The summed E-state index contributed by atoms with van der Waals surface area (Å²) in [5.74, 6) is -0.0318. The topological polar surface area (TPSA) is 66.1 Å². The van der Waals surface area contributed by atoms with Crippen molar-refractivity contribution in [1.29, 1.82) is 0 Å². The predicted octanol–water partition coefficient (Wildman–Crippen LogP) is 3.01. The van der Waals surface area contributed by atoms with Gasteiger partial charge in [0.15, 0.2) is 0 Å². The van der Waals surface area contributed by atoms with Crippen LogP contribution in [0.2, 0.25) is 0 Å². The molecule has 0 atom stereocenters. The van der Waals surface area contributed by atoms with E-state index in [4.69, 9.17) is 0 Å². The molecule has 0 radical (unpaired) electrons. The van der Waals surface area contributed by atoms with Crippen molar-refractivity contribution < 1.29 is 4.79 Å². The zero-order chi connectivity index (χ0) is 17.0. The molecule has 5 nitrogen and oxygen atoms in total. The van der Waals surface area contributed by atoms with Crippen LogP contribution in [0, 0.1) is 0 Å². The second-order valence-electron chi connectivity index (χ2n) is 6.99. The Labute approximate surface area is 144 Å². The van der Waals surface area contributed by atoms with Gasteiger partial charge in [0, 0.05) is 40.7 Å². The van der Waals surface area contributed by atoms with Gasteiger partial charge in [-0.3, -0.25) is 14.6 Å². The zero-order valence-corrected chi connectivity index (χ0v) is 13.7. The van der Waals surface area contributed by atoms with Gasteiger partial charge in [0.05, 0.1) is 11.4 Å². The molecule has 1 amide bonds. The number of carbonyl (C=O) groups excluding carboxylic acids is 1. The Hall–Kier alpha value is -2.95. The van der Waals surface area contributed by atoms with E-state index in [-0.39, 0.29) is 16.9 Å². The van der Waals surface area contributed by atoms with E-state index < -0.39 is 0 Å². The minimum absolute atomic E-state index is 0.0318. The van der Waals surface area contributed by atoms with Crippen LogP contribution in [0.25, 0.3) is 10.9 Å². The number of carbonyl (C=O) groups is 1. The molecule has 3 heterocycles. The third kappa shape index (κ3) is 1.98. The van der Waals surface area contributed by atoms with Crippen LogP contribution in [0.15, 0.2) is 53.5 Å². The van der Waals surface area contributed by atoms with Crippen LogP contribution in [0.5, 0.6) is 0 Å². The van der Waals surface area contributed by atoms with Crippen molar-refractivity contribution in [2.75, 3.05) is 11.4 Å². The summed E-state index contributed by atoms with van der Waals surface area (Å²) >= 11 is 0. The molecule has 5 heteroatoms. The van der Waals surface area contributed by atoms with Gasteiger partial charge < -0.3 is 9.88 Å². The van der Waals surface area contributed by atoms with Gasteiger partial charge in [0.1, 0.15) is 0 Å². The number of H-pyrrole nitrogens is 1. The first-order valence-electron chi connectivity index (χ1n) is 8.57. The summed E-state index contributed by atoms with van der Waals surface area (Å²) in [5.41, 5.74) is 3.14. The molecule has 1 saturated carbocycles. The average Bonchev–Trinajstić information content (AvgIpc) is 2.96. The van der Waals surface area contributed by atoms with Crippen molar-refractivity contribution in [3.63, 3.8) is 0 Å². The fourth-order valence-electron chi connectivity index (χ4n) is 4.18. The molecule has 1 aliphatic heterocycles. The number of aromatic amines is 1. The van der Waals surface area contributed by atoms with Gasteiger partial charge in [-0.05, 0) is 43.2 Å². The van der Waals surface area contributed by atoms with E-state index in [0.29, 0.717) is 17.6 Å². The molecule has 0 bridgehead atoms. The Balaban J connectivity index is 1.63. The third-order valence-corrected chi connectivity index (χ3v) is 5.59. The van der Waals surface area contributed by atoms with Crippen LogP contribution in [0.1, 0.15) is 35.3 Å². The minimum atomic E-state index is -0.166. The standard InChI is InChI=1S/C20H17N3O2/c24-17-8-7-13-14(4-1-5-15(13)22-17)19(25)23-12-20(9-3-10-20)18-16(23)6-2-11-21-18/h1-2,4-8,11H,3,9-10,12H2,(H,22,24). The van der Waals surface area contributed by atoms with Crippen LogP contribution in [0.4, 0.5) is 5.69 Å². The van der Waals surface area contributed by atoms with Gasteiger partial charge in [-0.2, -0.15) is 0 Å². The first-order chi connectivity index (χ1) is 12.2. The van der Waals surface area contributed by atoms with E-state index in [2.05, 4.69) is 9.97 Å². The maximum atomic E-state index is 13.3. The second-order valence-corrected chi connectivity index (χ2v) is 6.99. The Morgan fingerprint density at radius 1 is 1.12 bits per heavy atom. The Morgan fingerprint density at radius 3 is 2.80 bits per heavy atom. The van der Waals surface area contributed by atoms with Gasteiger partial charge in [-0.1, -0.05) is 12.5 Å². The summed E-state index contributed by atoms with van der Waals surface area (Å²) < 4.78 is 0. The molecule has 0 unspecified atom stereocenters. The summed E-state index contributed by atoms with van der Waals surface area (Å²) in [6.45, 7) is 0.692. The highest BCUT2D eigenvalue weighted by Crippen LogP contribution is 2.51. The predicted molar refractivity (Wildman–Crippen MR) is 96.0 cm³/mol. The molecule has 1 aromatic carbocycles. The Kier molecular flexibility index (Phi) is 2.89. The van der Waals surface area contributed by atoms with Crippen molar-refractivity contribution >= 4 is 22.5 Å². The largest absolute Gasteiger partial charge is 0.322 e. The van der Waals surface area contributed by atoms with E-state index in [0.717, 1.165) is 29.6 Å². The minimum Gasteiger partial charge on any atom is -0.322 e. The van der Waals surface area contributed by atoms with Crippen LogP contribution < -0.4 is 10.5 Å². The van der Waals surface area contributed by atoms with E-state index in [9.17, 15) is 9.59 Å². The quantitative estimate of drug-likeness (QED) is 0.745. The summed E-state index contributed by atoms with van der Waals surface area (Å²) in [6.07, 6.45) is 5.18. The number of aromatic nitrogens is 2. The number of nitrogens with one attached hydrogen (secondary N) is 1. The van der Waals surface area contributed by atoms with E-state index in [1.165, 1.54) is 12.5 Å². The fraction of sp³-hybridized carbons (Fsp3) is 0.250. The second kappa shape index (κ2) is 5.02. The van der Waals surface area contributed by atoms with E-state index >= 15 is 0 Å². The number of rotatable bonds is 1. The number of nitrogens with zero attached hydrogens (tertiary/aromatic N) is 2. The molecule has 0 saturated heterocycles. The molecule has 1 aliphatic carbocycles. The molecule has 2 aromatic heterocycles. The molecular weight excluding hydrogens is 314 g/mol. The first-order valence-corrected chi connectivity index (χ1v) is 8.57. The lowest BCUT2D eigenvalue weighted by Crippen LogP contribution is -2.41. The number of anilines is 1. The molecule has 1 fully saturated rings. The maximum Gasteiger partial charge on any atom is 0.259 e. The number of pyridine rings is 2. The number of hydrogen-bond donors (Lipinski definition) is 1. The van der Waals surface area contributed by atoms with E-state index in [1.54, 1.807) is 6.07 Å². The monoisotopic (exact) mass is 331 g/mol. The molecule has 3 aromatic rings. The summed E-state index contributed by atoms with van der Waals surface area (Å²) in [4.78, 5) is 34.1. The highest BCUT2D eigenvalue weighted by atomic mass is 16.2. The van der Waals surface area contributed by atoms with Crippen molar-refractivity contribution in [2.45, 2.75) is 24.7 Å². The first kappa shape index (κ1) is 14.4. The van der Waals surface area contributed by atoms with Crippen LogP contribution in [-0.4, -0.2) is 22.4 Å². The maximum absolute atomic E-state index is 13.3. The molecule has 1 N–H and O–H groups in total. The Morgan fingerprint density at radius 2 is 2.00 bits per heavy atom. The zero-order valence-electron chi connectivity index (χ0n) is 13.7. The number of benzene rings is 1. The Bertz CT molecular complexity index is 1070. The van der Waals surface area contributed by atoms with Crippen LogP contribution in [-0.2, 0) is 5.41 Å².